The number of benzene rings is 3. The Morgan fingerprint density at radius 1 is 0.786 bits per heavy atom. The Morgan fingerprint density at radius 3 is 2.00 bits per heavy atom. The molecule has 1 aromatic heterocycles. The van der Waals surface area contributed by atoms with E-state index in [1.54, 1.807) is 24.3 Å². The van der Waals surface area contributed by atoms with E-state index in [0.29, 0.717) is 28.5 Å². The molecule has 2 N–H and O–H groups in total. The smallest absolute Gasteiger partial charge is 0.238 e. The summed E-state index contributed by atoms with van der Waals surface area (Å²) in [4.78, 5) is 4.60. The summed E-state index contributed by atoms with van der Waals surface area (Å²) in [5.41, 5.74) is 2.62. The van der Waals surface area contributed by atoms with Crippen LogP contribution in [0.15, 0.2) is 88.2 Å². The third kappa shape index (κ3) is 3.58. The molecule has 0 bridgehead atoms. The minimum Gasteiger partial charge on any atom is -0.435 e. The lowest BCUT2D eigenvalue weighted by molar-refractivity contribution is 0.588. The van der Waals surface area contributed by atoms with Crippen molar-refractivity contribution in [3.05, 3.63) is 84.7 Å². The number of hydrogen-bond acceptors (Lipinski definition) is 4. The second-order valence-electron chi connectivity index (χ2n) is 6.14. The first-order valence-electron chi connectivity index (χ1n) is 8.37. The predicted molar refractivity (Wildman–Crippen MR) is 104 cm³/mol. The van der Waals surface area contributed by atoms with E-state index in [-0.39, 0.29) is 10.7 Å². The zero-order chi connectivity index (χ0) is 19.7. The molecule has 0 aliphatic heterocycles. The van der Waals surface area contributed by atoms with Crippen molar-refractivity contribution in [1.29, 1.82) is 0 Å². The molecule has 0 saturated heterocycles. The number of hydrogen-bond donors (Lipinski definition) is 1. The summed E-state index contributed by atoms with van der Waals surface area (Å²) in [5, 5.41) is 5.16. The van der Waals surface area contributed by atoms with Crippen LogP contribution >= 0.6 is 0 Å². The van der Waals surface area contributed by atoms with Crippen LogP contribution in [0.5, 0.6) is 0 Å². The van der Waals surface area contributed by atoms with Gasteiger partial charge in [-0.15, -0.1) is 0 Å². The molecule has 4 rings (SSSR count). The second kappa shape index (κ2) is 7.03. The van der Waals surface area contributed by atoms with Gasteiger partial charge in [0.25, 0.3) is 0 Å². The maximum absolute atomic E-state index is 13.3. The molecule has 0 spiro atoms. The lowest BCUT2D eigenvalue weighted by atomic mass is 10.1. The number of sulfonamides is 1. The van der Waals surface area contributed by atoms with Crippen LogP contribution in [0.3, 0.4) is 0 Å². The fourth-order valence-corrected chi connectivity index (χ4v) is 3.33. The Bertz CT molecular complexity index is 1220. The van der Waals surface area contributed by atoms with Gasteiger partial charge in [0.1, 0.15) is 11.5 Å². The van der Waals surface area contributed by atoms with Crippen molar-refractivity contribution in [2.24, 2.45) is 5.14 Å². The summed E-state index contributed by atoms with van der Waals surface area (Å²) in [6.45, 7) is 0. The van der Waals surface area contributed by atoms with Crippen molar-refractivity contribution in [2.45, 2.75) is 4.90 Å². The summed E-state index contributed by atoms with van der Waals surface area (Å²) >= 11 is 0. The van der Waals surface area contributed by atoms with Crippen molar-refractivity contribution in [1.82, 2.24) is 4.98 Å². The third-order valence-electron chi connectivity index (χ3n) is 4.21. The second-order valence-corrected chi connectivity index (χ2v) is 7.70. The summed E-state index contributed by atoms with van der Waals surface area (Å²) < 4.78 is 42.3. The number of halogens is 1. The third-order valence-corrected chi connectivity index (χ3v) is 5.14. The Balaban J connectivity index is 1.87. The molecule has 4 aromatic rings. The Labute approximate surface area is 161 Å². The van der Waals surface area contributed by atoms with Gasteiger partial charge in [-0.1, -0.05) is 18.2 Å². The van der Waals surface area contributed by atoms with Gasteiger partial charge in [-0.2, -0.15) is 0 Å². The van der Waals surface area contributed by atoms with Gasteiger partial charge in [0.15, 0.2) is 5.76 Å². The van der Waals surface area contributed by atoms with Crippen LogP contribution in [-0.4, -0.2) is 13.4 Å². The predicted octanol–water partition coefficient (Wildman–Crippen LogP) is 4.46. The van der Waals surface area contributed by atoms with Gasteiger partial charge in [0, 0.05) is 16.7 Å². The summed E-state index contributed by atoms with van der Waals surface area (Å²) in [7, 11) is -3.79. The van der Waals surface area contributed by atoms with E-state index >= 15 is 0 Å². The molecule has 0 fully saturated rings. The number of rotatable bonds is 4. The van der Waals surface area contributed by atoms with Gasteiger partial charge in [-0.3, -0.25) is 0 Å². The minimum atomic E-state index is -3.79. The van der Waals surface area contributed by atoms with Crippen LogP contribution in [0.1, 0.15) is 0 Å². The number of aromatic nitrogens is 1. The van der Waals surface area contributed by atoms with Gasteiger partial charge < -0.3 is 4.42 Å². The molecule has 0 unspecified atom stereocenters. The van der Waals surface area contributed by atoms with Gasteiger partial charge >= 0.3 is 0 Å². The van der Waals surface area contributed by atoms with Crippen molar-refractivity contribution in [3.8, 4) is 34.0 Å². The fourth-order valence-electron chi connectivity index (χ4n) is 2.82. The molecule has 0 radical (unpaired) electrons. The monoisotopic (exact) mass is 394 g/mol. The molecular formula is C21H15FN2O3S. The Morgan fingerprint density at radius 2 is 1.39 bits per heavy atom. The first kappa shape index (κ1) is 18.1. The Hall–Kier alpha value is -3.29. The van der Waals surface area contributed by atoms with E-state index in [0.717, 1.165) is 5.56 Å². The molecule has 0 aliphatic carbocycles. The number of nitrogens with zero attached hydrogens (tertiary/aromatic N) is 1. The van der Waals surface area contributed by atoms with Crippen LogP contribution in [0.2, 0.25) is 0 Å². The molecule has 0 atom stereocenters. The molecule has 3 aromatic carbocycles. The highest BCUT2D eigenvalue weighted by Gasteiger charge is 2.19. The molecule has 140 valence electrons. The molecular weight excluding hydrogens is 379 g/mol. The molecule has 7 heteroatoms. The standard InChI is InChI=1S/C21H15FN2O3S/c22-17-10-6-14(7-11-17)19-20(15-8-12-18(13-9-15)28(23,25)26)27-21(24-19)16-4-2-1-3-5-16/h1-13H,(H2,23,25,26). The lowest BCUT2D eigenvalue weighted by Crippen LogP contribution is -2.11. The average Bonchev–Trinajstić information content (AvgIpc) is 3.14. The van der Waals surface area contributed by atoms with Crippen LogP contribution in [0.4, 0.5) is 4.39 Å². The van der Waals surface area contributed by atoms with Crippen LogP contribution in [-0.2, 0) is 10.0 Å². The highest BCUT2D eigenvalue weighted by atomic mass is 32.2. The summed E-state index contributed by atoms with van der Waals surface area (Å²) in [6.07, 6.45) is 0. The molecule has 5 nitrogen and oxygen atoms in total. The first-order chi connectivity index (χ1) is 13.4. The van der Waals surface area contributed by atoms with Crippen molar-refractivity contribution in [3.63, 3.8) is 0 Å². The minimum absolute atomic E-state index is 0.00220. The van der Waals surface area contributed by atoms with Gasteiger partial charge in [0.2, 0.25) is 15.9 Å². The van der Waals surface area contributed by atoms with E-state index in [2.05, 4.69) is 4.98 Å². The SMILES string of the molecule is NS(=O)(=O)c1ccc(-c2oc(-c3ccccc3)nc2-c2ccc(F)cc2)cc1. The van der Waals surface area contributed by atoms with E-state index in [1.807, 2.05) is 30.3 Å². The van der Waals surface area contributed by atoms with Crippen molar-refractivity contribution < 1.29 is 17.2 Å². The highest BCUT2D eigenvalue weighted by molar-refractivity contribution is 7.89. The summed E-state index contributed by atoms with van der Waals surface area (Å²) in [5.74, 6) is 0.506. The quantitative estimate of drug-likeness (QED) is 0.554. The highest BCUT2D eigenvalue weighted by Crippen LogP contribution is 2.36. The average molecular weight is 394 g/mol. The van der Waals surface area contributed by atoms with Gasteiger partial charge in [-0.25, -0.2) is 22.9 Å². The summed E-state index contributed by atoms with van der Waals surface area (Å²) in [6, 6.07) is 21.3. The molecule has 0 saturated carbocycles. The molecule has 1 heterocycles. The zero-order valence-electron chi connectivity index (χ0n) is 14.5. The van der Waals surface area contributed by atoms with Crippen LogP contribution < -0.4 is 5.14 Å². The van der Waals surface area contributed by atoms with E-state index in [4.69, 9.17) is 9.56 Å². The normalized spacial score (nSPS) is 11.5. The first-order valence-corrected chi connectivity index (χ1v) is 9.92. The lowest BCUT2D eigenvalue weighted by Gasteiger charge is -2.03. The van der Waals surface area contributed by atoms with E-state index in [1.165, 1.54) is 24.3 Å². The van der Waals surface area contributed by atoms with E-state index < -0.39 is 10.0 Å². The topological polar surface area (TPSA) is 86.2 Å². The maximum Gasteiger partial charge on any atom is 0.238 e. The molecule has 0 aliphatic rings. The maximum atomic E-state index is 13.3. The molecule has 0 amide bonds. The Kier molecular flexibility index (Phi) is 4.54. The van der Waals surface area contributed by atoms with Crippen molar-refractivity contribution >= 4 is 10.0 Å². The van der Waals surface area contributed by atoms with Gasteiger partial charge in [0.05, 0.1) is 4.90 Å². The van der Waals surface area contributed by atoms with Crippen LogP contribution in [0, 0.1) is 5.82 Å². The number of primary sulfonamides is 1. The largest absolute Gasteiger partial charge is 0.435 e. The van der Waals surface area contributed by atoms with E-state index in [9.17, 15) is 12.8 Å². The van der Waals surface area contributed by atoms with Crippen LogP contribution in [0.25, 0.3) is 34.0 Å². The van der Waals surface area contributed by atoms with Gasteiger partial charge in [-0.05, 0) is 60.7 Å². The molecule has 28 heavy (non-hydrogen) atoms. The fraction of sp³-hybridized carbons (Fsp3) is 0. The number of nitrogens with two attached hydrogens (primary N) is 1. The number of oxazole rings is 1. The van der Waals surface area contributed by atoms with Crippen molar-refractivity contribution in [2.75, 3.05) is 0 Å². The zero-order valence-corrected chi connectivity index (χ0v) is 15.4.